The van der Waals surface area contributed by atoms with E-state index in [4.69, 9.17) is 4.74 Å². The van der Waals surface area contributed by atoms with Crippen LogP contribution in [0.5, 0.6) is 0 Å². The van der Waals surface area contributed by atoms with Crippen LogP contribution >= 0.6 is 0 Å². The number of fused-ring (bicyclic) bond motifs is 1. The number of hydrogen-bond acceptors (Lipinski definition) is 4. The van der Waals surface area contributed by atoms with Crippen LogP contribution in [0.1, 0.15) is 46.4 Å². The first-order valence-corrected chi connectivity index (χ1v) is 9.41. The van der Waals surface area contributed by atoms with Crippen molar-refractivity contribution in [2.24, 2.45) is 0 Å². The summed E-state index contributed by atoms with van der Waals surface area (Å²) >= 11 is 0. The second-order valence-corrected chi connectivity index (χ2v) is 7.34. The molecule has 2 aliphatic rings. The van der Waals surface area contributed by atoms with E-state index in [2.05, 4.69) is 28.2 Å². The van der Waals surface area contributed by atoms with E-state index < -0.39 is 0 Å². The second kappa shape index (κ2) is 7.16. The van der Waals surface area contributed by atoms with Crippen LogP contribution in [-0.4, -0.2) is 40.5 Å². The van der Waals surface area contributed by atoms with Crippen LogP contribution in [0.15, 0.2) is 24.3 Å². The summed E-state index contributed by atoms with van der Waals surface area (Å²) in [6.45, 7) is 5.59. The van der Waals surface area contributed by atoms with Gasteiger partial charge in [0.25, 0.3) is 0 Å². The van der Waals surface area contributed by atoms with Crippen LogP contribution in [0.25, 0.3) is 0 Å². The molecule has 0 N–H and O–H groups in total. The van der Waals surface area contributed by atoms with Gasteiger partial charge in [-0.05, 0) is 55.9 Å². The molecule has 1 aromatic carbocycles. The average Bonchev–Trinajstić information content (AvgIpc) is 3.09. The topological polar surface area (TPSA) is 55.3 Å². The van der Waals surface area contributed by atoms with Gasteiger partial charge in [0.05, 0.1) is 19.6 Å². The largest absolute Gasteiger partial charge is 0.367 e. The molecule has 1 amide bonds. The summed E-state index contributed by atoms with van der Waals surface area (Å²) in [4.78, 5) is 23.7. The number of hydrogen-bond donors (Lipinski definition) is 0. The number of amides is 1. The van der Waals surface area contributed by atoms with Crippen LogP contribution in [0, 0.1) is 13.8 Å². The predicted octanol–water partition coefficient (Wildman–Crippen LogP) is 2.72. The molecule has 0 bridgehead atoms. The number of carbonyl (C=O) groups excluding carboxylic acids is 1. The zero-order valence-electron chi connectivity index (χ0n) is 15.5. The summed E-state index contributed by atoms with van der Waals surface area (Å²) in [5, 5.41) is 0. The quantitative estimate of drug-likeness (QED) is 0.853. The highest BCUT2D eigenvalue weighted by molar-refractivity contribution is 5.79. The molecule has 0 radical (unpaired) electrons. The summed E-state index contributed by atoms with van der Waals surface area (Å²) in [5.74, 6) is 0.832. The van der Waals surface area contributed by atoms with Crippen molar-refractivity contribution >= 4 is 5.91 Å². The van der Waals surface area contributed by atoms with Gasteiger partial charge in [0.15, 0.2) is 5.82 Å². The molecule has 1 unspecified atom stereocenters. The molecule has 1 aliphatic heterocycles. The second-order valence-electron chi connectivity index (χ2n) is 7.34. The van der Waals surface area contributed by atoms with Gasteiger partial charge in [0, 0.05) is 17.9 Å². The lowest BCUT2D eigenvalue weighted by Crippen LogP contribution is -2.43. The van der Waals surface area contributed by atoms with E-state index in [1.54, 1.807) is 0 Å². The van der Waals surface area contributed by atoms with E-state index in [0.29, 0.717) is 31.9 Å². The summed E-state index contributed by atoms with van der Waals surface area (Å²) < 4.78 is 5.85. The molecule has 26 heavy (non-hydrogen) atoms. The third-order valence-electron chi connectivity index (χ3n) is 5.22. The van der Waals surface area contributed by atoms with Crippen LogP contribution in [0.4, 0.5) is 0 Å². The molecule has 4 rings (SSSR count). The Labute approximate surface area is 154 Å². The lowest BCUT2D eigenvalue weighted by atomic mass is 10.0. The molecular formula is C21H25N3O2. The minimum Gasteiger partial charge on any atom is -0.367 e. The van der Waals surface area contributed by atoms with Crippen molar-refractivity contribution in [2.45, 2.75) is 45.6 Å². The van der Waals surface area contributed by atoms with E-state index in [9.17, 15) is 4.79 Å². The minimum absolute atomic E-state index is 0.153. The smallest absolute Gasteiger partial charge is 0.227 e. The predicted molar refractivity (Wildman–Crippen MR) is 99.0 cm³/mol. The molecule has 0 saturated carbocycles. The number of aromatic nitrogens is 2. The molecule has 5 heteroatoms. The molecule has 1 atom stereocenters. The fourth-order valence-electron chi connectivity index (χ4n) is 3.95. The molecule has 136 valence electrons. The minimum atomic E-state index is -0.244. The fourth-order valence-corrected chi connectivity index (χ4v) is 3.95. The van der Waals surface area contributed by atoms with E-state index in [1.165, 1.54) is 24.0 Å². The Morgan fingerprint density at radius 2 is 1.92 bits per heavy atom. The van der Waals surface area contributed by atoms with Crippen molar-refractivity contribution in [3.63, 3.8) is 0 Å². The van der Waals surface area contributed by atoms with E-state index >= 15 is 0 Å². The van der Waals surface area contributed by atoms with Crippen LogP contribution in [0.2, 0.25) is 0 Å². The van der Waals surface area contributed by atoms with Crippen molar-refractivity contribution < 1.29 is 9.53 Å². The summed E-state index contributed by atoms with van der Waals surface area (Å²) in [6.07, 6.45) is 3.75. The first kappa shape index (κ1) is 17.2. The van der Waals surface area contributed by atoms with Crippen molar-refractivity contribution in [1.29, 1.82) is 0 Å². The monoisotopic (exact) mass is 351 g/mol. The van der Waals surface area contributed by atoms with Crippen molar-refractivity contribution in [3.05, 3.63) is 58.2 Å². The summed E-state index contributed by atoms with van der Waals surface area (Å²) in [5.41, 5.74) is 5.83. The van der Waals surface area contributed by atoms with Crippen LogP contribution < -0.4 is 0 Å². The van der Waals surface area contributed by atoms with E-state index in [0.717, 1.165) is 23.4 Å². The van der Waals surface area contributed by atoms with E-state index in [-0.39, 0.29) is 12.0 Å². The van der Waals surface area contributed by atoms with Gasteiger partial charge in [0.1, 0.15) is 6.10 Å². The molecular weight excluding hydrogens is 326 g/mol. The SMILES string of the molecule is Cc1cc(C)nc(C2CN(C(=O)Cc3ccc4c(c3)CCC4)CCO2)n1. The third kappa shape index (κ3) is 3.63. The standard InChI is InChI=1S/C21H25N3O2/c1-14-10-15(2)23-21(22-14)19-13-24(8-9-26-19)20(25)12-16-6-7-17-4-3-5-18(17)11-16/h6-7,10-11,19H,3-5,8-9,12-13H2,1-2H3. The number of carbonyl (C=O) groups is 1. The van der Waals surface area contributed by atoms with Gasteiger partial charge in [-0.1, -0.05) is 18.2 Å². The number of nitrogens with zero attached hydrogens (tertiary/aromatic N) is 3. The van der Waals surface area contributed by atoms with Crippen LogP contribution in [-0.2, 0) is 28.8 Å². The molecule has 1 aliphatic carbocycles. The normalized spacial score (nSPS) is 19.5. The third-order valence-corrected chi connectivity index (χ3v) is 5.22. The number of morpholine rings is 1. The molecule has 5 nitrogen and oxygen atoms in total. The number of aryl methyl sites for hydroxylation is 4. The Balaban J connectivity index is 1.44. The van der Waals surface area contributed by atoms with Gasteiger partial charge >= 0.3 is 0 Å². The van der Waals surface area contributed by atoms with Gasteiger partial charge in [-0.3, -0.25) is 4.79 Å². The van der Waals surface area contributed by atoms with Gasteiger partial charge < -0.3 is 9.64 Å². The molecule has 2 aromatic rings. The molecule has 0 spiro atoms. The Morgan fingerprint density at radius 3 is 2.73 bits per heavy atom. The van der Waals surface area contributed by atoms with E-state index in [1.807, 2.05) is 24.8 Å². The van der Waals surface area contributed by atoms with Gasteiger partial charge in [-0.15, -0.1) is 0 Å². The van der Waals surface area contributed by atoms with Gasteiger partial charge in [-0.25, -0.2) is 9.97 Å². The molecule has 1 fully saturated rings. The zero-order chi connectivity index (χ0) is 18.1. The Morgan fingerprint density at radius 1 is 1.15 bits per heavy atom. The molecule has 1 saturated heterocycles. The van der Waals surface area contributed by atoms with Gasteiger partial charge in [-0.2, -0.15) is 0 Å². The van der Waals surface area contributed by atoms with Crippen molar-refractivity contribution in [1.82, 2.24) is 14.9 Å². The van der Waals surface area contributed by atoms with Crippen molar-refractivity contribution in [3.8, 4) is 0 Å². The first-order chi connectivity index (χ1) is 12.6. The number of ether oxygens (including phenoxy) is 1. The lowest BCUT2D eigenvalue weighted by Gasteiger charge is -2.32. The van der Waals surface area contributed by atoms with Crippen molar-refractivity contribution in [2.75, 3.05) is 19.7 Å². The molecule has 2 heterocycles. The fraction of sp³-hybridized carbons (Fsp3) is 0.476. The maximum Gasteiger partial charge on any atom is 0.227 e. The first-order valence-electron chi connectivity index (χ1n) is 9.41. The van der Waals surface area contributed by atoms with Gasteiger partial charge in [0.2, 0.25) is 5.91 Å². The summed E-state index contributed by atoms with van der Waals surface area (Å²) in [7, 11) is 0. The number of benzene rings is 1. The molecule has 1 aromatic heterocycles. The highest BCUT2D eigenvalue weighted by atomic mass is 16.5. The average molecular weight is 351 g/mol. The highest BCUT2D eigenvalue weighted by Crippen LogP contribution is 2.24. The summed E-state index contributed by atoms with van der Waals surface area (Å²) in [6, 6.07) is 8.46. The van der Waals surface area contributed by atoms with Crippen LogP contribution in [0.3, 0.4) is 0 Å². The Kier molecular flexibility index (Phi) is 4.72. The maximum absolute atomic E-state index is 12.8. The Hall–Kier alpha value is -2.27. The zero-order valence-corrected chi connectivity index (χ0v) is 15.5. The Bertz CT molecular complexity index is 814. The lowest BCUT2D eigenvalue weighted by molar-refractivity contribution is -0.138. The highest BCUT2D eigenvalue weighted by Gasteiger charge is 2.27. The maximum atomic E-state index is 12.8. The number of rotatable bonds is 3.